The number of ketones is 3. The molecular formula is C33H36FeO6. The molecule has 0 aromatic heterocycles. The maximum atomic E-state index is 11.2. The summed E-state index contributed by atoms with van der Waals surface area (Å²) in [6, 6.07) is 27.4. The van der Waals surface area contributed by atoms with Gasteiger partial charge in [0.2, 0.25) is 0 Å². The van der Waals surface area contributed by atoms with Crippen molar-refractivity contribution in [2.45, 2.75) is 41.5 Å². The predicted molar refractivity (Wildman–Crippen MR) is 157 cm³/mol. The first kappa shape index (κ1) is 35.8. The number of aliphatic hydroxyl groups is 3. The summed E-state index contributed by atoms with van der Waals surface area (Å²) in [4.78, 5) is 33.5. The van der Waals surface area contributed by atoms with E-state index in [4.69, 9.17) is 0 Å². The first-order chi connectivity index (χ1) is 18.4. The van der Waals surface area contributed by atoms with Crippen molar-refractivity contribution in [2.24, 2.45) is 0 Å². The molecule has 40 heavy (non-hydrogen) atoms. The Bertz CT molecular complexity index is 1170. The zero-order valence-corrected chi connectivity index (χ0v) is 24.7. The molecule has 0 fully saturated rings. The Morgan fingerprint density at radius 2 is 0.575 bits per heavy atom. The van der Waals surface area contributed by atoms with Gasteiger partial charge in [-0.3, -0.25) is 14.4 Å². The molecule has 3 N–H and O–H groups in total. The van der Waals surface area contributed by atoms with Gasteiger partial charge in [-0.25, -0.2) is 0 Å². The minimum atomic E-state index is -0.119. The van der Waals surface area contributed by atoms with Gasteiger partial charge in [0.15, 0.2) is 17.3 Å². The Kier molecular flexibility index (Phi) is 16.3. The van der Waals surface area contributed by atoms with Crippen molar-refractivity contribution in [3.8, 4) is 0 Å². The van der Waals surface area contributed by atoms with E-state index in [1.165, 1.54) is 41.5 Å². The molecular weight excluding hydrogens is 548 g/mol. The zero-order valence-electron chi connectivity index (χ0n) is 23.6. The fraction of sp³-hybridized carbons (Fsp3) is 0.182. The summed E-state index contributed by atoms with van der Waals surface area (Å²) in [7, 11) is 0. The number of Topliss-reactive ketones (excluding diaryl/α,β-unsaturated/α-hetero) is 3. The van der Waals surface area contributed by atoms with Crippen molar-refractivity contribution in [3.05, 3.63) is 125 Å². The standard InChI is InChI=1S/3C11H12O2.Fe/c3*1-8(12)11(9(2)13)10-6-4-3-5-7-10;/h3*3-7,12H,1-2H3;/b3*11-8+;. The first-order valence-electron chi connectivity index (χ1n) is 12.3. The van der Waals surface area contributed by atoms with E-state index in [2.05, 4.69) is 0 Å². The van der Waals surface area contributed by atoms with Crippen LogP contribution in [0.25, 0.3) is 16.7 Å². The third kappa shape index (κ3) is 11.7. The van der Waals surface area contributed by atoms with E-state index in [0.717, 1.165) is 16.7 Å². The molecule has 0 aliphatic rings. The molecule has 7 heteroatoms. The van der Waals surface area contributed by atoms with Gasteiger partial charge in [-0.05, 0) is 58.2 Å². The molecule has 0 spiro atoms. The summed E-state index contributed by atoms with van der Waals surface area (Å²) in [5.74, 6) is -0.153. The molecule has 0 unspecified atom stereocenters. The molecule has 0 amide bonds. The number of carbonyl (C=O) groups is 3. The number of aliphatic hydroxyl groups excluding tert-OH is 3. The van der Waals surface area contributed by atoms with Crippen LogP contribution in [0.3, 0.4) is 0 Å². The molecule has 0 aliphatic carbocycles. The van der Waals surface area contributed by atoms with Gasteiger partial charge in [-0.1, -0.05) is 91.0 Å². The molecule has 0 saturated heterocycles. The van der Waals surface area contributed by atoms with E-state index in [1.807, 2.05) is 54.6 Å². The van der Waals surface area contributed by atoms with E-state index in [0.29, 0.717) is 16.7 Å². The zero-order chi connectivity index (χ0) is 29.5. The molecule has 3 aromatic carbocycles. The minimum Gasteiger partial charge on any atom is -0.512 e. The number of hydrogen-bond acceptors (Lipinski definition) is 6. The van der Waals surface area contributed by atoms with Crippen LogP contribution in [0, 0.1) is 0 Å². The summed E-state index contributed by atoms with van der Waals surface area (Å²) in [6.07, 6.45) is 0. The van der Waals surface area contributed by atoms with Gasteiger partial charge in [0.25, 0.3) is 0 Å². The third-order valence-electron chi connectivity index (χ3n) is 5.33. The maximum Gasteiger partial charge on any atom is 0.163 e. The van der Waals surface area contributed by atoms with E-state index in [-0.39, 0.29) is 51.7 Å². The molecule has 3 rings (SSSR count). The van der Waals surface area contributed by atoms with Crippen molar-refractivity contribution >= 4 is 34.1 Å². The summed E-state index contributed by atoms with van der Waals surface area (Å²) >= 11 is 0. The summed E-state index contributed by atoms with van der Waals surface area (Å²) < 4.78 is 0. The van der Waals surface area contributed by atoms with Crippen molar-refractivity contribution in [2.75, 3.05) is 0 Å². The second kappa shape index (κ2) is 18.2. The van der Waals surface area contributed by atoms with Crippen LogP contribution in [0.1, 0.15) is 58.2 Å². The van der Waals surface area contributed by atoms with Gasteiger partial charge < -0.3 is 15.3 Å². The molecule has 0 radical (unpaired) electrons. The summed E-state index contributed by atoms with van der Waals surface area (Å²) in [6.45, 7) is 8.89. The van der Waals surface area contributed by atoms with Crippen molar-refractivity contribution < 1.29 is 46.8 Å². The molecule has 0 bridgehead atoms. The summed E-state index contributed by atoms with van der Waals surface area (Å²) in [5.41, 5.74) is 3.45. The number of benzene rings is 3. The van der Waals surface area contributed by atoms with Gasteiger partial charge in [-0.2, -0.15) is 0 Å². The van der Waals surface area contributed by atoms with Crippen LogP contribution < -0.4 is 0 Å². The van der Waals surface area contributed by atoms with Crippen molar-refractivity contribution in [1.29, 1.82) is 0 Å². The van der Waals surface area contributed by atoms with Gasteiger partial charge >= 0.3 is 0 Å². The molecule has 0 saturated carbocycles. The van der Waals surface area contributed by atoms with Crippen LogP contribution in [0.5, 0.6) is 0 Å². The van der Waals surface area contributed by atoms with Crippen LogP contribution in [0.15, 0.2) is 108 Å². The fourth-order valence-electron chi connectivity index (χ4n) is 3.82. The quantitative estimate of drug-likeness (QED) is 0.156. The number of rotatable bonds is 6. The van der Waals surface area contributed by atoms with Crippen molar-refractivity contribution in [1.82, 2.24) is 0 Å². The van der Waals surface area contributed by atoms with Crippen LogP contribution in [-0.4, -0.2) is 32.7 Å². The average Bonchev–Trinajstić information content (AvgIpc) is 2.85. The topological polar surface area (TPSA) is 112 Å². The smallest absolute Gasteiger partial charge is 0.163 e. The van der Waals surface area contributed by atoms with E-state index in [1.54, 1.807) is 36.4 Å². The van der Waals surface area contributed by atoms with E-state index < -0.39 is 0 Å². The van der Waals surface area contributed by atoms with Crippen LogP contribution in [-0.2, 0) is 31.5 Å². The van der Waals surface area contributed by atoms with E-state index >= 15 is 0 Å². The predicted octanol–water partition coefficient (Wildman–Crippen LogP) is 7.69. The number of carbonyl (C=O) groups excluding carboxylic acids is 3. The normalized spacial score (nSPS) is 11.8. The fourth-order valence-corrected chi connectivity index (χ4v) is 3.82. The second-order valence-corrected chi connectivity index (χ2v) is 8.65. The third-order valence-corrected chi connectivity index (χ3v) is 5.33. The summed E-state index contributed by atoms with van der Waals surface area (Å²) in [5, 5.41) is 27.9. The molecule has 212 valence electrons. The van der Waals surface area contributed by atoms with Gasteiger partial charge in [0.05, 0.1) is 16.7 Å². The van der Waals surface area contributed by atoms with Gasteiger partial charge in [0.1, 0.15) is 17.3 Å². The molecule has 0 atom stereocenters. The first-order valence-corrected chi connectivity index (χ1v) is 12.3. The van der Waals surface area contributed by atoms with Gasteiger partial charge in [-0.15, -0.1) is 0 Å². The number of hydrogen-bond donors (Lipinski definition) is 3. The Balaban J connectivity index is 0.000000563. The van der Waals surface area contributed by atoms with Crippen LogP contribution >= 0.6 is 0 Å². The largest absolute Gasteiger partial charge is 0.512 e. The van der Waals surface area contributed by atoms with E-state index in [9.17, 15) is 29.7 Å². The Morgan fingerprint density at radius 3 is 0.700 bits per heavy atom. The number of allylic oxidation sites excluding steroid dienone is 6. The Morgan fingerprint density at radius 1 is 0.400 bits per heavy atom. The van der Waals surface area contributed by atoms with Crippen molar-refractivity contribution in [3.63, 3.8) is 0 Å². The second-order valence-electron chi connectivity index (χ2n) is 8.65. The SMILES string of the molecule is CC(=O)/C(=C(/C)O)c1ccccc1.CC(=O)/C(=C(/C)O)c1ccccc1.CC(=O)/C(=C(/C)O)c1ccccc1.[Fe]. The van der Waals surface area contributed by atoms with Crippen LogP contribution in [0.4, 0.5) is 0 Å². The molecule has 6 nitrogen and oxygen atoms in total. The Labute approximate surface area is 246 Å². The maximum absolute atomic E-state index is 11.2. The minimum absolute atomic E-state index is 0. The average molecular weight is 584 g/mol. The monoisotopic (exact) mass is 584 g/mol. The van der Waals surface area contributed by atoms with Gasteiger partial charge in [0, 0.05) is 17.1 Å². The van der Waals surface area contributed by atoms with Crippen LogP contribution in [0.2, 0.25) is 0 Å². The Hall–Kier alpha value is -4.19. The molecule has 0 heterocycles. The molecule has 3 aromatic rings. The molecule has 0 aliphatic heterocycles.